The standard InChI is InChI=1S/C20H22N2O4S/c1-13(20(25)26)27-17-9-4-3-8-16(17)19(24)22-11-10-14-6-5-7-15(12-14)18(23)21-2/h3-9,12-13H,10-11H2,1-2H3,(H,21,23)(H,22,24)(H,25,26). The van der Waals surface area contributed by atoms with Crippen molar-refractivity contribution in [2.45, 2.75) is 23.5 Å². The predicted octanol–water partition coefficient (Wildman–Crippen LogP) is 2.58. The molecule has 0 aromatic heterocycles. The molecule has 142 valence electrons. The first-order chi connectivity index (χ1) is 12.9. The highest BCUT2D eigenvalue weighted by Gasteiger charge is 2.17. The van der Waals surface area contributed by atoms with Crippen LogP contribution in [0.2, 0.25) is 0 Å². The molecule has 2 rings (SSSR count). The van der Waals surface area contributed by atoms with Gasteiger partial charge in [0.15, 0.2) is 0 Å². The Labute approximate surface area is 162 Å². The minimum atomic E-state index is -0.925. The lowest BCUT2D eigenvalue weighted by atomic mass is 10.1. The molecule has 1 atom stereocenters. The molecule has 0 bridgehead atoms. The van der Waals surface area contributed by atoms with Gasteiger partial charge in [0, 0.05) is 24.1 Å². The molecule has 0 aliphatic rings. The number of hydrogen-bond donors (Lipinski definition) is 3. The lowest BCUT2D eigenvalue weighted by Crippen LogP contribution is -2.26. The van der Waals surface area contributed by atoms with Crippen molar-refractivity contribution in [1.82, 2.24) is 10.6 Å². The van der Waals surface area contributed by atoms with Crippen molar-refractivity contribution in [2.75, 3.05) is 13.6 Å². The summed E-state index contributed by atoms with van der Waals surface area (Å²) in [5.41, 5.74) is 1.97. The molecule has 2 aromatic carbocycles. The third-order valence-corrected chi connectivity index (χ3v) is 5.06. The van der Waals surface area contributed by atoms with Crippen LogP contribution in [0.4, 0.5) is 0 Å². The van der Waals surface area contributed by atoms with Gasteiger partial charge in [-0.05, 0) is 43.2 Å². The van der Waals surface area contributed by atoms with Crippen molar-refractivity contribution in [3.63, 3.8) is 0 Å². The van der Waals surface area contributed by atoms with Crippen LogP contribution in [0.3, 0.4) is 0 Å². The maximum atomic E-state index is 12.5. The molecule has 0 radical (unpaired) electrons. The lowest BCUT2D eigenvalue weighted by Gasteiger charge is -2.12. The Kier molecular flexibility index (Phi) is 7.43. The van der Waals surface area contributed by atoms with Crippen molar-refractivity contribution in [3.05, 3.63) is 65.2 Å². The van der Waals surface area contributed by atoms with Crippen LogP contribution in [0.5, 0.6) is 0 Å². The monoisotopic (exact) mass is 386 g/mol. The molecule has 1 unspecified atom stereocenters. The van der Waals surface area contributed by atoms with E-state index in [1.807, 2.05) is 6.07 Å². The number of nitrogens with one attached hydrogen (secondary N) is 2. The van der Waals surface area contributed by atoms with Gasteiger partial charge < -0.3 is 15.7 Å². The van der Waals surface area contributed by atoms with Crippen LogP contribution in [-0.4, -0.2) is 41.7 Å². The van der Waals surface area contributed by atoms with E-state index >= 15 is 0 Å². The molecule has 2 aromatic rings. The van der Waals surface area contributed by atoms with Crippen molar-refractivity contribution >= 4 is 29.5 Å². The minimum Gasteiger partial charge on any atom is -0.480 e. The Hall–Kier alpha value is -2.80. The summed E-state index contributed by atoms with van der Waals surface area (Å²) in [5.74, 6) is -1.33. The zero-order chi connectivity index (χ0) is 19.8. The summed E-state index contributed by atoms with van der Waals surface area (Å²) >= 11 is 1.14. The summed E-state index contributed by atoms with van der Waals surface area (Å²) in [6.45, 7) is 1.99. The highest BCUT2D eigenvalue weighted by Crippen LogP contribution is 2.27. The molecule has 7 heteroatoms. The molecule has 2 amide bonds. The number of thioether (sulfide) groups is 1. The number of carboxylic acid groups (broad SMARTS) is 1. The summed E-state index contributed by atoms with van der Waals surface area (Å²) in [5, 5.41) is 13.9. The zero-order valence-corrected chi connectivity index (χ0v) is 16.0. The topological polar surface area (TPSA) is 95.5 Å². The number of carboxylic acids is 1. The second-order valence-corrected chi connectivity index (χ2v) is 7.26. The summed E-state index contributed by atoms with van der Waals surface area (Å²) in [7, 11) is 1.58. The largest absolute Gasteiger partial charge is 0.480 e. The molecule has 0 saturated heterocycles. The molecular formula is C20H22N2O4S. The van der Waals surface area contributed by atoms with E-state index in [1.165, 1.54) is 0 Å². The predicted molar refractivity (Wildman–Crippen MR) is 105 cm³/mol. The number of benzene rings is 2. The van der Waals surface area contributed by atoms with E-state index in [1.54, 1.807) is 56.4 Å². The molecule has 0 aliphatic carbocycles. The van der Waals surface area contributed by atoms with E-state index in [0.717, 1.165) is 17.3 Å². The Bertz CT molecular complexity index is 838. The van der Waals surface area contributed by atoms with E-state index in [0.29, 0.717) is 29.0 Å². The van der Waals surface area contributed by atoms with Crippen LogP contribution in [0.25, 0.3) is 0 Å². The van der Waals surface area contributed by atoms with Gasteiger partial charge in [-0.2, -0.15) is 0 Å². The Balaban J connectivity index is 1.99. The van der Waals surface area contributed by atoms with E-state index in [2.05, 4.69) is 10.6 Å². The SMILES string of the molecule is CNC(=O)c1cccc(CCNC(=O)c2ccccc2SC(C)C(=O)O)c1. The quantitative estimate of drug-likeness (QED) is 0.606. The normalized spacial score (nSPS) is 11.5. The van der Waals surface area contributed by atoms with Crippen LogP contribution in [0.15, 0.2) is 53.4 Å². The number of carbonyl (C=O) groups is 3. The van der Waals surface area contributed by atoms with Gasteiger partial charge in [-0.25, -0.2) is 0 Å². The van der Waals surface area contributed by atoms with Gasteiger partial charge in [0.2, 0.25) is 0 Å². The zero-order valence-electron chi connectivity index (χ0n) is 15.2. The molecule has 6 nitrogen and oxygen atoms in total. The average Bonchev–Trinajstić information content (AvgIpc) is 2.67. The van der Waals surface area contributed by atoms with Crippen molar-refractivity contribution in [1.29, 1.82) is 0 Å². The number of hydrogen-bond acceptors (Lipinski definition) is 4. The Morgan fingerprint density at radius 1 is 1.07 bits per heavy atom. The van der Waals surface area contributed by atoms with Crippen LogP contribution in [0, 0.1) is 0 Å². The number of rotatable bonds is 8. The first-order valence-corrected chi connectivity index (χ1v) is 9.38. The maximum Gasteiger partial charge on any atom is 0.316 e. The molecule has 0 heterocycles. The maximum absolute atomic E-state index is 12.5. The number of amides is 2. The van der Waals surface area contributed by atoms with E-state index < -0.39 is 11.2 Å². The lowest BCUT2D eigenvalue weighted by molar-refractivity contribution is -0.136. The van der Waals surface area contributed by atoms with Gasteiger partial charge in [0.1, 0.15) is 5.25 Å². The van der Waals surface area contributed by atoms with E-state index in [-0.39, 0.29) is 11.8 Å². The fraction of sp³-hybridized carbons (Fsp3) is 0.250. The van der Waals surface area contributed by atoms with Gasteiger partial charge in [0.25, 0.3) is 11.8 Å². The van der Waals surface area contributed by atoms with Gasteiger partial charge in [-0.15, -0.1) is 11.8 Å². The summed E-state index contributed by atoms with van der Waals surface area (Å²) in [4.78, 5) is 35.9. The van der Waals surface area contributed by atoms with Gasteiger partial charge in [-0.3, -0.25) is 14.4 Å². The van der Waals surface area contributed by atoms with Crippen molar-refractivity contribution in [3.8, 4) is 0 Å². The highest BCUT2D eigenvalue weighted by molar-refractivity contribution is 8.00. The summed E-state index contributed by atoms with van der Waals surface area (Å²) in [6, 6.07) is 14.2. The van der Waals surface area contributed by atoms with Gasteiger partial charge in [-0.1, -0.05) is 24.3 Å². The second-order valence-electron chi connectivity index (χ2n) is 5.88. The molecule has 3 N–H and O–H groups in total. The Morgan fingerprint density at radius 2 is 1.81 bits per heavy atom. The molecule has 27 heavy (non-hydrogen) atoms. The molecular weight excluding hydrogens is 364 g/mol. The fourth-order valence-corrected chi connectivity index (χ4v) is 3.35. The summed E-state index contributed by atoms with van der Waals surface area (Å²) in [6.07, 6.45) is 0.581. The van der Waals surface area contributed by atoms with Crippen LogP contribution < -0.4 is 10.6 Å². The summed E-state index contributed by atoms with van der Waals surface area (Å²) < 4.78 is 0. The van der Waals surface area contributed by atoms with Gasteiger partial charge in [0.05, 0.1) is 5.56 Å². The first kappa shape index (κ1) is 20.5. The Morgan fingerprint density at radius 3 is 2.52 bits per heavy atom. The van der Waals surface area contributed by atoms with Crippen LogP contribution in [0.1, 0.15) is 33.2 Å². The average molecular weight is 386 g/mol. The van der Waals surface area contributed by atoms with Crippen LogP contribution >= 0.6 is 11.8 Å². The molecule has 0 aliphatic heterocycles. The van der Waals surface area contributed by atoms with E-state index in [9.17, 15) is 14.4 Å². The smallest absolute Gasteiger partial charge is 0.316 e. The van der Waals surface area contributed by atoms with Gasteiger partial charge >= 0.3 is 5.97 Å². The molecule has 0 fully saturated rings. The third-order valence-electron chi connectivity index (χ3n) is 3.90. The van der Waals surface area contributed by atoms with Crippen molar-refractivity contribution < 1.29 is 19.5 Å². The molecule has 0 spiro atoms. The fourth-order valence-electron chi connectivity index (χ4n) is 2.43. The first-order valence-electron chi connectivity index (χ1n) is 8.50. The highest BCUT2D eigenvalue weighted by atomic mass is 32.2. The minimum absolute atomic E-state index is 0.153. The van der Waals surface area contributed by atoms with E-state index in [4.69, 9.17) is 5.11 Å². The second kappa shape index (κ2) is 9.78. The number of carbonyl (C=O) groups excluding carboxylic acids is 2. The molecule has 0 saturated carbocycles. The third kappa shape index (κ3) is 5.86. The van der Waals surface area contributed by atoms with Crippen molar-refractivity contribution in [2.24, 2.45) is 0 Å². The number of aliphatic carboxylic acids is 1. The van der Waals surface area contributed by atoms with Crippen LogP contribution in [-0.2, 0) is 11.2 Å².